The van der Waals surface area contributed by atoms with Crippen LogP contribution in [0.3, 0.4) is 0 Å². The van der Waals surface area contributed by atoms with Crippen LogP contribution in [0.1, 0.15) is 31.4 Å². The Bertz CT molecular complexity index is 496. The maximum Gasteiger partial charge on any atom is 0.247 e. The molecule has 0 N–H and O–H groups in total. The SMILES string of the molecule is CCC(OC)c1ccc(N2C(=O)CC(SC)C2=O)cc1. The van der Waals surface area contributed by atoms with Gasteiger partial charge < -0.3 is 4.74 Å². The number of rotatable bonds is 5. The van der Waals surface area contributed by atoms with Gasteiger partial charge in [0.2, 0.25) is 11.8 Å². The Kier molecular flexibility index (Phi) is 4.83. The van der Waals surface area contributed by atoms with Crippen molar-refractivity contribution in [3.8, 4) is 0 Å². The van der Waals surface area contributed by atoms with Crippen molar-refractivity contribution in [1.82, 2.24) is 0 Å². The summed E-state index contributed by atoms with van der Waals surface area (Å²) in [5, 5.41) is -0.246. The van der Waals surface area contributed by atoms with E-state index in [4.69, 9.17) is 4.74 Å². The van der Waals surface area contributed by atoms with Crippen molar-refractivity contribution in [3.05, 3.63) is 29.8 Å². The average molecular weight is 293 g/mol. The highest BCUT2D eigenvalue weighted by molar-refractivity contribution is 8.00. The van der Waals surface area contributed by atoms with E-state index in [1.54, 1.807) is 7.11 Å². The highest BCUT2D eigenvalue weighted by Gasteiger charge is 2.38. The molecule has 2 atom stereocenters. The first-order valence-corrected chi connectivity index (χ1v) is 7.93. The third-order valence-corrected chi connectivity index (χ3v) is 4.51. The topological polar surface area (TPSA) is 46.6 Å². The summed E-state index contributed by atoms with van der Waals surface area (Å²) in [5.74, 6) is -0.241. The van der Waals surface area contributed by atoms with Crippen molar-refractivity contribution in [2.24, 2.45) is 0 Å². The number of anilines is 1. The summed E-state index contributed by atoms with van der Waals surface area (Å²) in [6.45, 7) is 2.05. The largest absolute Gasteiger partial charge is 0.377 e. The van der Waals surface area contributed by atoms with Crippen LogP contribution in [0.2, 0.25) is 0 Å². The molecule has 2 unspecified atom stereocenters. The first-order chi connectivity index (χ1) is 9.62. The van der Waals surface area contributed by atoms with E-state index >= 15 is 0 Å². The molecule has 1 saturated heterocycles. The molecule has 1 aromatic rings. The lowest BCUT2D eigenvalue weighted by Gasteiger charge is -2.17. The summed E-state index contributed by atoms with van der Waals surface area (Å²) in [6, 6.07) is 7.46. The highest BCUT2D eigenvalue weighted by Crippen LogP contribution is 2.30. The lowest BCUT2D eigenvalue weighted by molar-refractivity contribution is -0.121. The van der Waals surface area contributed by atoms with E-state index in [0.717, 1.165) is 12.0 Å². The van der Waals surface area contributed by atoms with Gasteiger partial charge in [0, 0.05) is 13.5 Å². The maximum absolute atomic E-state index is 12.1. The predicted octanol–water partition coefficient (Wildman–Crippen LogP) is 2.78. The fraction of sp³-hybridized carbons (Fsp3) is 0.467. The van der Waals surface area contributed by atoms with Gasteiger partial charge in [-0.3, -0.25) is 9.59 Å². The van der Waals surface area contributed by atoms with Crippen molar-refractivity contribution in [3.63, 3.8) is 0 Å². The Balaban J connectivity index is 2.22. The maximum atomic E-state index is 12.1. The lowest BCUT2D eigenvalue weighted by atomic mass is 10.1. The number of carbonyl (C=O) groups excluding carboxylic acids is 2. The second-order valence-electron chi connectivity index (χ2n) is 4.72. The number of amides is 2. The number of nitrogens with zero attached hydrogens (tertiary/aromatic N) is 1. The molecule has 0 radical (unpaired) electrons. The lowest BCUT2D eigenvalue weighted by Crippen LogP contribution is -2.31. The van der Waals surface area contributed by atoms with Gasteiger partial charge in [-0.2, -0.15) is 11.8 Å². The average Bonchev–Trinajstić information content (AvgIpc) is 2.75. The number of hydrogen-bond acceptors (Lipinski definition) is 4. The summed E-state index contributed by atoms with van der Waals surface area (Å²) < 4.78 is 5.38. The fourth-order valence-corrected chi connectivity index (χ4v) is 3.05. The van der Waals surface area contributed by atoms with E-state index in [2.05, 4.69) is 6.92 Å². The van der Waals surface area contributed by atoms with Gasteiger partial charge in [-0.15, -0.1) is 0 Å². The van der Waals surface area contributed by atoms with Crippen LogP contribution in [-0.2, 0) is 14.3 Å². The predicted molar refractivity (Wildman–Crippen MR) is 80.9 cm³/mol. The minimum Gasteiger partial charge on any atom is -0.377 e. The van der Waals surface area contributed by atoms with Gasteiger partial charge in [-0.25, -0.2) is 4.90 Å². The second kappa shape index (κ2) is 6.41. The van der Waals surface area contributed by atoms with Crippen LogP contribution in [0.25, 0.3) is 0 Å². The van der Waals surface area contributed by atoms with E-state index < -0.39 is 0 Å². The van der Waals surface area contributed by atoms with Crippen molar-refractivity contribution in [1.29, 1.82) is 0 Å². The Labute approximate surface area is 123 Å². The molecule has 1 aliphatic rings. The van der Waals surface area contributed by atoms with Crippen LogP contribution >= 0.6 is 11.8 Å². The molecule has 1 fully saturated rings. The summed E-state index contributed by atoms with van der Waals surface area (Å²) in [7, 11) is 1.68. The summed E-state index contributed by atoms with van der Waals surface area (Å²) in [4.78, 5) is 25.4. The van der Waals surface area contributed by atoms with E-state index in [-0.39, 0.29) is 29.6 Å². The van der Waals surface area contributed by atoms with Gasteiger partial charge in [0.15, 0.2) is 0 Å². The minimum absolute atomic E-state index is 0.0491. The Hall–Kier alpha value is -1.33. The van der Waals surface area contributed by atoms with Crippen molar-refractivity contribution in [2.75, 3.05) is 18.3 Å². The third-order valence-electron chi connectivity index (χ3n) is 3.57. The first kappa shape index (κ1) is 15.1. The molecule has 1 aromatic carbocycles. The zero-order chi connectivity index (χ0) is 14.7. The third kappa shape index (κ3) is 2.74. The molecule has 4 nitrogen and oxygen atoms in total. The normalized spacial score (nSPS) is 20.6. The zero-order valence-corrected chi connectivity index (χ0v) is 12.8. The van der Waals surface area contributed by atoms with Gasteiger partial charge in [-0.1, -0.05) is 19.1 Å². The molecular formula is C15H19NO3S. The van der Waals surface area contributed by atoms with E-state index in [9.17, 15) is 9.59 Å². The quantitative estimate of drug-likeness (QED) is 0.783. The van der Waals surface area contributed by atoms with Crippen LogP contribution in [0.4, 0.5) is 5.69 Å². The molecule has 0 saturated carbocycles. The molecule has 0 aromatic heterocycles. The molecule has 1 aliphatic heterocycles. The minimum atomic E-state index is -0.246. The Morgan fingerprint density at radius 3 is 2.45 bits per heavy atom. The molecule has 2 amide bonds. The molecule has 2 rings (SSSR count). The van der Waals surface area contributed by atoms with Crippen molar-refractivity contribution >= 4 is 29.3 Å². The Morgan fingerprint density at radius 2 is 2.00 bits per heavy atom. The number of ether oxygens (including phenoxy) is 1. The molecule has 5 heteroatoms. The standard InChI is InChI=1S/C15H19NO3S/c1-4-12(19-2)10-5-7-11(8-6-10)16-14(17)9-13(20-3)15(16)18/h5-8,12-13H,4,9H2,1-3H3. The number of carbonyl (C=O) groups is 2. The smallest absolute Gasteiger partial charge is 0.247 e. The van der Waals surface area contributed by atoms with Crippen molar-refractivity contribution in [2.45, 2.75) is 31.1 Å². The molecule has 108 valence electrons. The van der Waals surface area contributed by atoms with E-state index in [1.165, 1.54) is 16.7 Å². The van der Waals surface area contributed by atoms with Gasteiger partial charge in [-0.05, 0) is 30.4 Å². The molecular weight excluding hydrogens is 274 g/mol. The summed E-state index contributed by atoms with van der Waals surface area (Å²) in [6.07, 6.45) is 3.07. The molecule has 0 bridgehead atoms. The zero-order valence-electron chi connectivity index (χ0n) is 12.0. The number of benzene rings is 1. The van der Waals surface area contributed by atoms with Gasteiger partial charge >= 0.3 is 0 Å². The first-order valence-electron chi connectivity index (χ1n) is 6.64. The van der Waals surface area contributed by atoms with Crippen molar-refractivity contribution < 1.29 is 14.3 Å². The number of hydrogen-bond donors (Lipinski definition) is 0. The molecule has 0 aliphatic carbocycles. The molecule has 1 heterocycles. The highest BCUT2D eigenvalue weighted by atomic mass is 32.2. The van der Waals surface area contributed by atoms with Crippen LogP contribution in [0.15, 0.2) is 24.3 Å². The van der Waals surface area contributed by atoms with Crippen LogP contribution in [-0.4, -0.2) is 30.4 Å². The molecule has 0 spiro atoms. The van der Waals surface area contributed by atoms with E-state index in [1.807, 2.05) is 30.5 Å². The number of methoxy groups -OCH3 is 1. The monoisotopic (exact) mass is 293 g/mol. The molecule has 20 heavy (non-hydrogen) atoms. The van der Waals surface area contributed by atoms with Crippen LogP contribution in [0, 0.1) is 0 Å². The number of imide groups is 1. The van der Waals surface area contributed by atoms with Crippen LogP contribution < -0.4 is 4.90 Å². The second-order valence-corrected chi connectivity index (χ2v) is 5.76. The van der Waals surface area contributed by atoms with Gasteiger partial charge in [0.25, 0.3) is 0 Å². The van der Waals surface area contributed by atoms with E-state index in [0.29, 0.717) is 5.69 Å². The summed E-state index contributed by atoms with van der Waals surface area (Å²) in [5.41, 5.74) is 1.70. The summed E-state index contributed by atoms with van der Waals surface area (Å²) >= 11 is 1.43. The Morgan fingerprint density at radius 1 is 1.35 bits per heavy atom. The van der Waals surface area contributed by atoms with Gasteiger partial charge in [0.1, 0.15) is 0 Å². The van der Waals surface area contributed by atoms with Crippen LogP contribution in [0.5, 0.6) is 0 Å². The number of thioether (sulfide) groups is 1. The fourth-order valence-electron chi connectivity index (χ4n) is 2.44. The van der Waals surface area contributed by atoms with Gasteiger partial charge in [0.05, 0.1) is 17.0 Å².